The molecule has 1 aromatic rings. The van der Waals surface area contributed by atoms with Crippen LogP contribution in [-0.4, -0.2) is 6.08 Å². The van der Waals surface area contributed by atoms with Crippen LogP contribution in [0.2, 0.25) is 5.02 Å². The smallest absolute Gasteiger partial charge is 0.211 e. The first kappa shape index (κ1) is 9.97. The molecule has 0 unspecified atom stereocenters. The molecule has 0 radical (unpaired) electrons. The van der Waals surface area contributed by atoms with Crippen LogP contribution in [0.1, 0.15) is 16.7 Å². The van der Waals surface area contributed by atoms with Crippen LogP contribution in [0.25, 0.3) is 0 Å². The van der Waals surface area contributed by atoms with Crippen LogP contribution in [0.5, 0.6) is 0 Å². The number of aliphatic imine (C=N–C) groups is 1. The van der Waals surface area contributed by atoms with Gasteiger partial charge in [-0.25, -0.2) is 9.79 Å². The summed E-state index contributed by atoms with van der Waals surface area (Å²) in [5.41, 5.74) is 3.15. The first-order chi connectivity index (χ1) is 6.16. The second-order valence-corrected chi connectivity index (χ2v) is 3.28. The summed E-state index contributed by atoms with van der Waals surface area (Å²) in [7, 11) is 0. The lowest BCUT2D eigenvalue weighted by atomic mass is 10.0. The van der Waals surface area contributed by atoms with E-state index >= 15 is 0 Å². The number of isocyanates is 1. The summed E-state index contributed by atoms with van der Waals surface area (Å²) in [5, 5.41) is 0.655. The molecule has 0 aliphatic carbocycles. The standard InChI is InChI=1S/C10H10ClNO/c1-7-3-4-10(11)9(8(7)2)5-12-6-13/h3-4H,5H2,1-2H3. The number of nitrogens with zero attached hydrogens (tertiary/aromatic N) is 1. The molecule has 0 bridgehead atoms. The Morgan fingerprint density at radius 1 is 1.46 bits per heavy atom. The van der Waals surface area contributed by atoms with Gasteiger partial charge in [0.2, 0.25) is 6.08 Å². The van der Waals surface area contributed by atoms with Gasteiger partial charge in [-0.15, -0.1) is 0 Å². The molecule has 0 saturated carbocycles. The second kappa shape index (κ2) is 4.22. The molecule has 0 N–H and O–H groups in total. The van der Waals surface area contributed by atoms with Gasteiger partial charge in [0.1, 0.15) is 0 Å². The zero-order valence-corrected chi connectivity index (χ0v) is 8.35. The molecule has 0 aliphatic rings. The Labute approximate surface area is 82.3 Å². The van der Waals surface area contributed by atoms with Gasteiger partial charge in [0, 0.05) is 5.02 Å². The van der Waals surface area contributed by atoms with Crippen molar-refractivity contribution in [2.45, 2.75) is 20.4 Å². The highest BCUT2D eigenvalue weighted by atomic mass is 35.5. The minimum absolute atomic E-state index is 0.315. The van der Waals surface area contributed by atoms with Gasteiger partial charge in [0.15, 0.2) is 0 Å². The molecule has 0 amide bonds. The average molecular weight is 196 g/mol. The third-order valence-electron chi connectivity index (χ3n) is 2.11. The van der Waals surface area contributed by atoms with Crippen LogP contribution in [0.3, 0.4) is 0 Å². The molecule has 0 aliphatic heterocycles. The first-order valence-electron chi connectivity index (χ1n) is 3.95. The van der Waals surface area contributed by atoms with Crippen molar-refractivity contribution in [2.75, 3.05) is 0 Å². The van der Waals surface area contributed by atoms with Crippen LogP contribution in [0, 0.1) is 13.8 Å². The summed E-state index contributed by atoms with van der Waals surface area (Å²) in [4.78, 5) is 13.5. The van der Waals surface area contributed by atoms with Gasteiger partial charge in [0.25, 0.3) is 0 Å². The molecule has 0 aromatic heterocycles. The largest absolute Gasteiger partial charge is 0.235 e. The van der Waals surface area contributed by atoms with Gasteiger partial charge >= 0.3 is 0 Å². The molecule has 1 aromatic carbocycles. The highest BCUT2D eigenvalue weighted by molar-refractivity contribution is 6.31. The fraction of sp³-hybridized carbons (Fsp3) is 0.300. The molecule has 2 nitrogen and oxygen atoms in total. The third-order valence-corrected chi connectivity index (χ3v) is 2.47. The molecule has 0 heterocycles. The molecular weight excluding hydrogens is 186 g/mol. The molecule has 1 rings (SSSR count). The van der Waals surface area contributed by atoms with E-state index in [1.165, 1.54) is 6.08 Å². The van der Waals surface area contributed by atoms with Crippen molar-refractivity contribution in [3.8, 4) is 0 Å². The van der Waals surface area contributed by atoms with Crippen molar-refractivity contribution in [1.29, 1.82) is 0 Å². The molecule has 0 spiro atoms. The highest BCUT2D eigenvalue weighted by Gasteiger charge is 2.04. The summed E-state index contributed by atoms with van der Waals surface area (Å²) < 4.78 is 0. The second-order valence-electron chi connectivity index (χ2n) is 2.88. The van der Waals surface area contributed by atoms with Crippen molar-refractivity contribution in [1.82, 2.24) is 0 Å². The van der Waals surface area contributed by atoms with Crippen LogP contribution >= 0.6 is 11.6 Å². The van der Waals surface area contributed by atoms with Crippen LogP contribution in [0.4, 0.5) is 0 Å². The lowest BCUT2D eigenvalue weighted by Gasteiger charge is -2.07. The predicted molar refractivity (Wildman–Crippen MR) is 52.8 cm³/mol. The number of hydrogen-bond acceptors (Lipinski definition) is 2. The maximum atomic E-state index is 9.95. The van der Waals surface area contributed by atoms with E-state index in [0.717, 1.165) is 16.7 Å². The van der Waals surface area contributed by atoms with Crippen molar-refractivity contribution in [3.63, 3.8) is 0 Å². The number of hydrogen-bond donors (Lipinski definition) is 0. The van der Waals surface area contributed by atoms with E-state index in [1.54, 1.807) is 0 Å². The normalized spacial score (nSPS) is 9.46. The Morgan fingerprint density at radius 2 is 2.15 bits per heavy atom. The van der Waals surface area contributed by atoms with Gasteiger partial charge in [0.05, 0.1) is 6.54 Å². The van der Waals surface area contributed by atoms with E-state index in [-0.39, 0.29) is 0 Å². The van der Waals surface area contributed by atoms with Crippen molar-refractivity contribution < 1.29 is 4.79 Å². The van der Waals surface area contributed by atoms with E-state index in [9.17, 15) is 4.79 Å². The summed E-state index contributed by atoms with van der Waals surface area (Å²) >= 11 is 5.95. The Hall–Kier alpha value is -1.11. The monoisotopic (exact) mass is 195 g/mol. The zero-order valence-electron chi connectivity index (χ0n) is 7.60. The van der Waals surface area contributed by atoms with Crippen molar-refractivity contribution in [2.24, 2.45) is 4.99 Å². The number of aryl methyl sites for hydroxylation is 1. The Balaban J connectivity index is 3.16. The van der Waals surface area contributed by atoms with E-state index in [0.29, 0.717) is 11.6 Å². The fourth-order valence-electron chi connectivity index (χ4n) is 1.15. The fourth-order valence-corrected chi connectivity index (χ4v) is 1.41. The third kappa shape index (κ3) is 2.18. The lowest BCUT2D eigenvalue weighted by molar-refractivity contribution is 0.562. The summed E-state index contributed by atoms with van der Waals surface area (Å²) in [6.45, 7) is 4.28. The molecule has 0 atom stereocenters. The topological polar surface area (TPSA) is 29.4 Å². The molecular formula is C10H10ClNO. The summed E-state index contributed by atoms with van der Waals surface area (Å²) in [6.07, 6.45) is 1.51. The lowest BCUT2D eigenvalue weighted by Crippen LogP contribution is -1.91. The maximum Gasteiger partial charge on any atom is 0.235 e. The Kier molecular flexibility index (Phi) is 3.24. The summed E-state index contributed by atoms with van der Waals surface area (Å²) in [6, 6.07) is 3.77. The molecule has 68 valence electrons. The minimum Gasteiger partial charge on any atom is -0.211 e. The zero-order chi connectivity index (χ0) is 9.84. The van der Waals surface area contributed by atoms with E-state index < -0.39 is 0 Å². The van der Waals surface area contributed by atoms with Crippen LogP contribution in [0.15, 0.2) is 17.1 Å². The maximum absolute atomic E-state index is 9.95. The van der Waals surface area contributed by atoms with Crippen LogP contribution < -0.4 is 0 Å². The Bertz CT molecular complexity index is 367. The number of carbonyl (C=O) groups excluding carboxylic acids is 1. The van der Waals surface area contributed by atoms with Gasteiger partial charge in [-0.05, 0) is 36.6 Å². The van der Waals surface area contributed by atoms with E-state index in [2.05, 4.69) is 4.99 Å². The first-order valence-corrected chi connectivity index (χ1v) is 4.33. The van der Waals surface area contributed by atoms with E-state index in [4.69, 9.17) is 11.6 Å². The van der Waals surface area contributed by atoms with Gasteiger partial charge in [-0.2, -0.15) is 0 Å². The van der Waals surface area contributed by atoms with Gasteiger partial charge < -0.3 is 0 Å². The highest BCUT2D eigenvalue weighted by Crippen LogP contribution is 2.23. The van der Waals surface area contributed by atoms with Gasteiger partial charge in [-0.1, -0.05) is 17.7 Å². The van der Waals surface area contributed by atoms with Crippen LogP contribution in [-0.2, 0) is 11.3 Å². The Morgan fingerprint density at radius 3 is 2.77 bits per heavy atom. The van der Waals surface area contributed by atoms with E-state index in [1.807, 2.05) is 26.0 Å². The van der Waals surface area contributed by atoms with Crippen molar-refractivity contribution in [3.05, 3.63) is 33.8 Å². The average Bonchev–Trinajstić information content (AvgIpc) is 2.12. The quantitative estimate of drug-likeness (QED) is 0.527. The molecule has 13 heavy (non-hydrogen) atoms. The number of benzene rings is 1. The van der Waals surface area contributed by atoms with Gasteiger partial charge in [-0.3, -0.25) is 0 Å². The van der Waals surface area contributed by atoms with Crippen molar-refractivity contribution >= 4 is 17.7 Å². The predicted octanol–water partition coefficient (Wildman–Crippen LogP) is 2.79. The minimum atomic E-state index is 0.315. The number of halogens is 1. The molecule has 3 heteroatoms. The SMILES string of the molecule is Cc1ccc(Cl)c(CN=C=O)c1C. The molecule has 0 fully saturated rings. The summed E-state index contributed by atoms with van der Waals surface area (Å²) in [5.74, 6) is 0. The number of rotatable bonds is 2. The molecule has 0 saturated heterocycles.